The van der Waals surface area contributed by atoms with Gasteiger partial charge in [0.2, 0.25) is 0 Å². The molecule has 56 heavy (non-hydrogen) atoms. The van der Waals surface area contributed by atoms with E-state index in [0.29, 0.717) is 0 Å². The molecule has 2 aromatic heterocycles. The number of aryl methyl sites for hydroxylation is 1. The van der Waals surface area contributed by atoms with Crippen molar-refractivity contribution in [3.05, 3.63) is 132 Å². The number of rotatable bonds is 11. The van der Waals surface area contributed by atoms with Crippen LogP contribution in [-0.4, -0.2) is 23.9 Å². The maximum absolute atomic E-state index is 12.2. The molecule has 1 radical (unpaired) electrons. The second-order valence-electron chi connectivity index (χ2n) is 16.8. The molecule has 4 nitrogen and oxygen atoms in total. The van der Waals surface area contributed by atoms with Crippen molar-refractivity contribution in [1.82, 2.24) is 4.98 Å². The Labute approximate surface area is 350 Å². The summed E-state index contributed by atoms with van der Waals surface area (Å²) in [6, 6.07) is 38.2. The Balaban J connectivity index is 0.000000330. The minimum Gasteiger partial charge on any atom is -0.512 e. The van der Waals surface area contributed by atoms with Gasteiger partial charge in [-0.1, -0.05) is 159 Å². The second-order valence-corrected chi connectivity index (χ2v) is 20.6. The molecule has 4 aromatic carbocycles. The van der Waals surface area contributed by atoms with Crippen molar-refractivity contribution in [2.24, 2.45) is 10.8 Å². The quantitative estimate of drug-likeness (QED) is 0.0608. The molecule has 0 saturated carbocycles. The molecule has 0 aliphatic heterocycles. The topological polar surface area (TPSA) is 63.3 Å². The van der Waals surface area contributed by atoms with Crippen LogP contribution in [-0.2, 0) is 30.3 Å². The number of ketones is 1. The number of hydrogen-bond acceptors (Lipinski definition) is 4. The summed E-state index contributed by atoms with van der Waals surface area (Å²) < 4.78 is 6.98. The van der Waals surface area contributed by atoms with Gasteiger partial charge in [-0.2, -0.15) is 0 Å². The number of allylic oxidation sites excluding steroid dienone is 2. The maximum Gasteiger partial charge on any atom is 0.190 e. The van der Waals surface area contributed by atoms with Gasteiger partial charge in [0, 0.05) is 54.3 Å². The molecule has 0 aliphatic rings. The van der Waals surface area contributed by atoms with Crippen molar-refractivity contribution < 1.29 is 34.4 Å². The predicted molar refractivity (Wildman–Crippen MR) is 236 cm³/mol. The zero-order valence-corrected chi connectivity index (χ0v) is 38.7. The second kappa shape index (κ2) is 18.0. The van der Waals surface area contributed by atoms with Crippen LogP contribution in [0.3, 0.4) is 0 Å². The van der Waals surface area contributed by atoms with Crippen LogP contribution in [0.4, 0.5) is 0 Å². The monoisotopic (exact) mass is 943 g/mol. The molecule has 0 fully saturated rings. The van der Waals surface area contributed by atoms with Gasteiger partial charge in [-0.05, 0) is 60.0 Å². The van der Waals surface area contributed by atoms with Gasteiger partial charge in [0.05, 0.1) is 5.38 Å². The predicted octanol–water partition coefficient (Wildman–Crippen LogP) is 11.8. The van der Waals surface area contributed by atoms with Crippen molar-refractivity contribution in [1.29, 1.82) is 0 Å². The molecule has 0 spiro atoms. The molecule has 0 saturated heterocycles. The van der Waals surface area contributed by atoms with Crippen molar-refractivity contribution >= 4 is 51.4 Å². The Kier molecular flexibility index (Phi) is 14.3. The normalized spacial score (nSPS) is 12.6. The largest absolute Gasteiger partial charge is 0.512 e. The number of aromatic nitrogens is 1. The summed E-state index contributed by atoms with van der Waals surface area (Å²) in [4.78, 5) is 17.1. The van der Waals surface area contributed by atoms with Crippen LogP contribution in [0.1, 0.15) is 99.1 Å². The molecule has 297 valence electrons. The zero-order chi connectivity index (χ0) is 40.2. The molecule has 1 N–H and O–H groups in total. The molecular weight excluding hydrogens is 883 g/mol. The van der Waals surface area contributed by atoms with Gasteiger partial charge in [0.15, 0.2) is 13.9 Å². The van der Waals surface area contributed by atoms with Crippen LogP contribution in [0.15, 0.2) is 120 Å². The number of aliphatic hydroxyl groups excluding tert-OH is 1. The van der Waals surface area contributed by atoms with Gasteiger partial charge < -0.3 is 9.52 Å². The number of hydrogen-bond donors (Lipinski definition) is 1. The van der Waals surface area contributed by atoms with Gasteiger partial charge in [0.25, 0.3) is 0 Å². The average Bonchev–Trinajstić information content (AvgIpc) is 3.56. The number of benzene rings is 4. The SMILES string of the molecule is CCC(C)(CC)C(=O)/C=C(\O)C(C)(CC)CC.Cc1c([Si](C)(c2ccccc2)c2ccccc2)oc2c(-c3[c-]c4ccccc4c(C(C)(C)C)c3)nccc12.[Ir]. The first-order chi connectivity index (χ1) is 26.1. The Morgan fingerprint density at radius 2 is 1.29 bits per heavy atom. The van der Waals surface area contributed by atoms with Crippen LogP contribution in [0, 0.1) is 23.8 Å². The molecule has 6 heteroatoms. The minimum absolute atomic E-state index is 0. The van der Waals surface area contributed by atoms with E-state index >= 15 is 0 Å². The minimum atomic E-state index is -2.42. The van der Waals surface area contributed by atoms with Crippen molar-refractivity contribution in [2.45, 2.75) is 107 Å². The van der Waals surface area contributed by atoms with E-state index in [-0.39, 0.29) is 47.9 Å². The fourth-order valence-electron chi connectivity index (χ4n) is 7.45. The third-order valence-corrected chi connectivity index (χ3v) is 16.8. The number of furan rings is 1. The average molecular weight is 943 g/mol. The maximum atomic E-state index is 12.2. The van der Waals surface area contributed by atoms with Crippen molar-refractivity contribution in [3.63, 3.8) is 0 Å². The van der Waals surface area contributed by atoms with Gasteiger partial charge in [-0.25, -0.2) is 0 Å². The van der Waals surface area contributed by atoms with Crippen LogP contribution in [0.2, 0.25) is 6.55 Å². The summed E-state index contributed by atoms with van der Waals surface area (Å²) in [5.41, 5.74) is 4.53. The third-order valence-electron chi connectivity index (χ3n) is 12.5. The number of carbonyl (C=O) groups is 1. The molecular formula is C50H60IrNO3Si-. The van der Waals surface area contributed by atoms with Gasteiger partial charge >= 0.3 is 0 Å². The Hall–Kier alpha value is -4.09. The molecule has 6 rings (SSSR count). The summed E-state index contributed by atoms with van der Waals surface area (Å²) in [6.07, 6.45) is 6.66. The van der Waals surface area contributed by atoms with E-state index < -0.39 is 8.07 Å². The van der Waals surface area contributed by atoms with Crippen molar-refractivity contribution in [2.75, 3.05) is 0 Å². The summed E-state index contributed by atoms with van der Waals surface area (Å²) in [6.45, 7) is 23.5. The van der Waals surface area contributed by atoms with Crippen LogP contribution < -0.4 is 15.8 Å². The fourth-order valence-corrected chi connectivity index (χ4v) is 11.2. The smallest absolute Gasteiger partial charge is 0.190 e. The van der Waals surface area contributed by atoms with E-state index in [0.717, 1.165) is 58.7 Å². The number of nitrogens with zero attached hydrogens (tertiary/aromatic N) is 1. The van der Waals surface area contributed by atoms with E-state index in [1.807, 2.05) is 47.7 Å². The van der Waals surface area contributed by atoms with Gasteiger partial charge in [-0.15, -0.1) is 29.1 Å². The molecule has 0 amide bonds. The van der Waals surface area contributed by atoms with Gasteiger partial charge in [0.1, 0.15) is 11.3 Å². The number of aliphatic hydroxyl groups is 1. The fraction of sp³-hybridized carbons (Fsp3) is 0.360. The van der Waals surface area contributed by atoms with Crippen LogP contribution in [0.25, 0.3) is 33.0 Å². The Bertz CT molecular complexity index is 2240. The number of carbonyl (C=O) groups excluding carboxylic acids is 1. The van der Waals surface area contributed by atoms with E-state index in [2.05, 4.69) is 137 Å². The van der Waals surface area contributed by atoms with Gasteiger partial charge in [-0.3, -0.25) is 9.78 Å². The van der Waals surface area contributed by atoms with E-state index in [1.165, 1.54) is 33.0 Å². The molecule has 0 unspecified atom stereocenters. The molecule has 0 atom stereocenters. The Morgan fingerprint density at radius 1 is 0.768 bits per heavy atom. The third kappa shape index (κ3) is 8.73. The van der Waals surface area contributed by atoms with E-state index in [4.69, 9.17) is 9.40 Å². The number of fused-ring (bicyclic) bond motifs is 2. The summed E-state index contributed by atoms with van der Waals surface area (Å²) in [7, 11) is -2.42. The first-order valence-corrected chi connectivity index (χ1v) is 22.5. The van der Waals surface area contributed by atoms with E-state index in [1.54, 1.807) is 0 Å². The zero-order valence-electron chi connectivity index (χ0n) is 35.3. The van der Waals surface area contributed by atoms with Crippen molar-refractivity contribution in [3.8, 4) is 11.3 Å². The molecule has 2 heterocycles. The number of pyridine rings is 1. The van der Waals surface area contributed by atoms with E-state index in [9.17, 15) is 9.90 Å². The molecule has 0 bridgehead atoms. The first kappa shape index (κ1) is 44.6. The molecule has 6 aromatic rings. The Morgan fingerprint density at radius 3 is 1.80 bits per heavy atom. The summed E-state index contributed by atoms with van der Waals surface area (Å²) in [5, 5.41) is 17.3. The first-order valence-electron chi connectivity index (χ1n) is 20.0. The summed E-state index contributed by atoms with van der Waals surface area (Å²) >= 11 is 0. The van der Waals surface area contributed by atoms with Crippen LogP contribution in [0.5, 0.6) is 0 Å². The molecule has 0 aliphatic carbocycles. The summed E-state index contributed by atoms with van der Waals surface area (Å²) in [5.74, 6) is 0.286. The van der Waals surface area contributed by atoms with Crippen LogP contribution >= 0.6 is 0 Å². The standard InChI is InChI=1S/C35H32NOSi.C15H28O2.Ir/c1-24-29-20-21-36-32(26-22-25-14-12-13-19-30(25)31(23-26)35(2,3)4)33(29)37-34(24)38(5,27-15-8-6-9-16-27)28-17-10-7-11-18-28;1-7-14(5,8-2)12(16)11-13(17)15(6,9-3)10-4;/h6-21,23H,1-5H3;11,16H,7-10H2,1-6H3;/q-1;;/b;12-11-;.